The fraction of sp³-hybridized carbons (Fsp3) is 0.250. The van der Waals surface area contributed by atoms with Gasteiger partial charge in [-0.1, -0.05) is 17.7 Å². The molecule has 1 unspecified atom stereocenters. The van der Waals surface area contributed by atoms with Crippen LogP contribution in [0, 0.1) is 0 Å². The summed E-state index contributed by atoms with van der Waals surface area (Å²) in [5.74, 6) is -0.975. The number of carbonyl (C=O) groups excluding carboxylic acids is 2. The summed E-state index contributed by atoms with van der Waals surface area (Å²) in [6.45, 7) is 0.519. The Morgan fingerprint density at radius 3 is 2.70 bits per heavy atom. The number of dihydropyridines is 1. The average Bonchev–Trinajstić information content (AvgIpc) is 2.90. The topological polar surface area (TPSA) is 64.6 Å². The van der Waals surface area contributed by atoms with Gasteiger partial charge in [0.1, 0.15) is 13.2 Å². The number of hydrogen-bond acceptors (Lipinski definition) is 5. The molecule has 1 atom stereocenters. The number of halogens is 2. The number of rotatable bonds is 1. The third-order valence-corrected chi connectivity index (χ3v) is 5.37. The van der Waals surface area contributed by atoms with Crippen molar-refractivity contribution in [2.75, 3.05) is 19.8 Å². The van der Waals surface area contributed by atoms with E-state index < -0.39 is 11.9 Å². The highest BCUT2D eigenvalue weighted by molar-refractivity contribution is 9.10. The second-order valence-electron chi connectivity index (χ2n) is 5.51. The van der Waals surface area contributed by atoms with Crippen LogP contribution < -0.4 is 5.32 Å². The number of ether oxygens (including phenoxy) is 2. The summed E-state index contributed by atoms with van der Waals surface area (Å²) in [4.78, 5) is 24.6. The maximum Gasteiger partial charge on any atom is 0.337 e. The minimum Gasteiger partial charge on any atom is -0.456 e. The number of nitrogens with one attached hydrogen (secondary N) is 1. The van der Waals surface area contributed by atoms with Crippen molar-refractivity contribution in [3.05, 3.63) is 55.8 Å². The lowest BCUT2D eigenvalue weighted by Gasteiger charge is -2.31. The number of Topliss-reactive ketones (excluding diaryl/α,β-unsaturated/α-hetero) is 1. The Kier molecular flexibility index (Phi) is 3.55. The van der Waals surface area contributed by atoms with Crippen LogP contribution >= 0.6 is 27.5 Å². The summed E-state index contributed by atoms with van der Waals surface area (Å²) in [5, 5.41) is 3.70. The van der Waals surface area contributed by atoms with Gasteiger partial charge in [0.25, 0.3) is 0 Å². The summed E-state index contributed by atoms with van der Waals surface area (Å²) < 4.78 is 11.2. The number of cyclic esters (lactones) is 1. The van der Waals surface area contributed by atoms with Gasteiger partial charge in [0.15, 0.2) is 5.78 Å². The lowest BCUT2D eigenvalue weighted by Crippen LogP contribution is -2.37. The van der Waals surface area contributed by atoms with Crippen molar-refractivity contribution < 1.29 is 19.1 Å². The number of hydrogen-bond donors (Lipinski definition) is 1. The Balaban J connectivity index is 1.91. The van der Waals surface area contributed by atoms with Gasteiger partial charge in [0.2, 0.25) is 0 Å². The molecular formula is C16H11BrClNO4. The standard InChI is InChI=1S/C16H11BrClNO4/c17-8-3-7(1-2-9(8)18)13-14-10(4-22-6-12(14)20)19-11-5-23-16(21)15(11)13/h1-3,13,19H,4-6H2. The molecule has 0 saturated carbocycles. The molecule has 0 amide bonds. The quantitative estimate of drug-likeness (QED) is 0.739. The van der Waals surface area contributed by atoms with Crippen LogP contribution in [-0.4, -0.2) is 31.6 Å². The van der Waals surface area contributed by atoms with E-state index in [1.807, 2.05) is 12.1 Å². The molecule has 118 valence electrons. The van der Waals surface area contributed by atoms with Crippen LogP contribution in [0.15, 0.2) is 45.2 Å². The molecule has 0 aliphatic carbocycles. The van der Waals surface area contributed by atoms with Gasteiger partial charge >= 0.3 is 5.97 Å². The monoisotopic (exact) mass is 395 g/mol. The van der Waals surface area contributed by atoms with Gasteiger partial charge < -0.3 is 14.8 Å². The summed E-state index contributed by atoms with van der Waals surface area (Å²) in [6, 6.07) is 5.40. The second-order valence-corrected chi connectivity index (χ2v) is 6.77. The van der Waals surface area contributed by atoms with Crippen LogP contribution in [-0.2, 0) is 19.1 Å². The van der Waals surface area contributed by atoms with Gasteiger partial charge in [-0.15, -0.1) is 0 Å². The number of ketones is 1. The van der Waals surface area contributed by atoms with E-state index in [1.54, 1.807) is 6.07 Å². The zero-order valence-corrected chi connectivity index (χ0v) is 14.2. The predicted molar refractivity (Wildman–Crippen MR) is 85.9 cm³/mol. The van der Waals surface area contributed by atoms with Crippen molar-refractivity contribution in [3.63, 3.8) is 0 Å². The molecule has 0 bridgehead atoms. The van der Waals surface area contributed by atoms with E-state index in [-0.39, 0.29) is 19.0 Å². The molecule has 3 aliphatic rings. The molecule has 1 aromatic carbocycles. The first-order valence-electron chi connectivity index (χ1n) is 7.02. The van der Waals surface area contributed by atoms with Crippen molar-refractivity contribution in [3.8, 4) is 0 Å². The van der Waals surface area contributed by atoms with Gasteiger partial charge in [-0.05, 0) is 33.6 Å². The Bertz CT molecular complexity index is 814. The molecule has 4 rings (SSSR count). The van der Waals surface area contributed by atoms with E-state index >= 15 is 0 Å². The van der Waals surface area contributed by atoms with Gasteiger partial charge in [-0.25, -0.2) is 4.79 Å². The smallest absolute Gasteiger partial charge is 0.337 e. The molecule has 0 spiro atoms. The lowest BCUT2D eigenvalue weighted by atomic mass is 9.78. The summed E-state index contributed by atoms with van der Waals surface area (Å²) in [5.41, 5.74) is 3.28. The molecule has 3 aliphatic heterocycles. The van der Waals surface area contributed by atoms with Crippen molar-refractivity contribution in [1.29, 1.82) is 0 Å². The molecule has 0 aromatic heterocycles. The predicted octanol–water partition coefficient (Wildman–Crippen LogP) is 2.45. The summed E-state index contributed by atoms with van der Waals surface area (Å²) in [6.07, 6.45) is 0. The average molecular weight is 397 g/mol. The zero-order chi connectivity index (χ0) is 16.1. The maximum absolute atomic E-state index is 12.4. The van der Waals surface area contributed by atoms with E-state index in [0.29, 0.717) is 38.6 Å². The highest BCUT2D eigenvalue weighted by atomic mass is 79.9. The van der Waals surface area contributed by atoms with Crippen molar-refractivity contribution in [2.24, 2.45) is 0 Å². The largest absolute Gasteiger partial charge is 0.456 e. The first kappa shape index (κ1) is 14.9. The number of esters is 1. The Morgan fingerprint density at radius 1 is 1.13 bits per heavy atom. The zero-order valence-electron chi connectivity index (χ0n) is 11.8. The maximum atomic E-state index is 12.4. The van der Waals surface area contributed by atoms with Crippen LogP contribution in [0.25, 0.3) is 0 Å². The van der Waals surface area contributed by atoms with Crippen LogP contribution in [0.4, 0.5) is 0 Å². The molecule has 1 N–H and O–H groups in total. The van der Waals surface area contributed by atoms with Crippen molar-refractivity contribution in [1.82, 2.24) is 5.32 Å². The molecule has 0 radical (unpaired) electrons. The van der Waals surface area contributed by atoms with Crippen LogP contribution in [0.1, 0.15) is 11.5 Å². The van der Waals surface area contributed by atoms with Crippen LogP contribution in [0.5, 0.6) is 0 Å². The molecule has 0 fully saturated rings. The molecule has 5 nitrogen and oxygen atoms in total. The Hall–Kier alpha value is -1.63. The molecule has 1 aromatic rings. The molecular weight excluding hydrogens is 386 g/mol. The molecule has 7 heteroatoms. The minimum atomic E-state index is -0.457. The van der Waals surface area contributed by atoms with Gasteiger partial charge in [0, 0.05) is 21.7 Å². The lowest BCUT2D eigenvalue weighted by molar-refractivity contribution is -0.136. The first-order chi connectivity index (χ1) is 11.1. The van der Waals surface area contributed by atoms with Crippen molar-refractivity contribution in [2.45, 2.75) is 5.92 Å². The molecule has 0 saturated heterocycles. The fourth-order valence-electron chi connectivity index (χ4n) is 3.17. The number of benzene rings is 1. The van der Waals surface area contributed by atoms with Gasteiger partial charge in [0.05, 0.1) is 22.9 Å². The van der Waals surface area contributed by atoms with E-state index in [9.17, 15) is 9.59 Å². The highest BCUT2D eigenvalue weighted by Crippen LogP contribution is 2.43. The number of carbonyl (C=O) groups is 2. The molecule has 23 heavy (non-hydrogen) atoms. The summed E-state index contributed by atoms with van der Waals surface area (Å²) in [7, 11) is 0. The van der Waals surface area contributed by atoms with Gasteiger partial charge in [-0.2, -0.15) is 0 Å². The fourth-order valence-corrected chi connectivity index (χ4v) is 3.69. The normalized spacial score (nSPS) is 23.5. The van der Waals surface area contributed by atoms with E-state index in [2.05, 4.69) is 21.2 Å². The Labute approximate surface area is 145 Å². The van der Waals surface area contributed by atoms with Gasteiger partial charge in [-0.3, -0.25) is 4.79 Å². The third-order valence-electron chi connectivity index (χ3n) is 4.15. The second kappa shape index (κ2) is 5.47. The Morgan fingerprint density at radius 2 is 1.91 bits per heavy atom. The van der Waals surface area contributed by atoms with E-state index in [0.717, 1.165) is 5.56 Å². The van der Waals surface area contributed by atoms with E-state index in [1.165, 1.54) is 0 Å². The third kappa shape index (κ3) is 2.33. The summed E-state index contributed by atoms with van der Waals surface area (Å²) >= 11 is 9.46. The first-order valence-corrected chi connectivity index (χ1v) is 8.19. The van der Waals surface area contributed by atoms with Crippen LogP contribution in [0.3, 0.4) is 0 Å². The van der Waals surface area contributed by atoms with E-state index in [4.69, 9.17) is 21.1 Å². The SMILES string of the molecule is O=C1COCC2=C1C(c1ccc(Cl)c(Br)c1)C1=C(COC1=O)N2. The molecule has 3 heterocycles. The highest BCUT2D eigenvalue weighted by Gasteiger charge is 2.43. The van der Waals surface area contributed by atoms with Crippen molar-refractivity contribution >= 4 is 39.3 Å². The minimum absolute atomic E-state index is 0.0173. The van der Waals surface area contributed by atoms with Crippen LogP contribution in [0.2, 0.25) is 5.02 Å².